The summed E-state index contributed by atoms with van der Waals surface area (Å²) in [6.07, 6.45) is 3.02. The van der Waals surface area contributed by atoms with Gasteiger partial charge in [0.15, 0.2) is 0 Å². The fourth-order valence-corrected chi connectivity index (χ4v) is 4.07. The molecule has 0 bridgehead atoms. The molecular formula is C23H24ClN3O2. The van der Waals surface area contributed by atoms with Crippen LogP contribution >= 0.6 is 11.6 Å². The lowest BCUT2D eigenvalue weighted by Gasteiger charge is -2.17. The molecular weight excluding hydrogens is 386 g/mol. The zero-order chi connectivity index (χ0) is 20.5. The van der Waals surface area contributed by atoms with Gasteiger partial charge in [0, 0.05) is 47.3 Å². The summed E-state index contributed by atoms with van der Waals surface area (Å²) < 4.78 is 0. The first-order valence-corrected chi connectivity index (χ1v) is 10.2. The molecule has 5 nitrogen and oxygen atoms in total. The van der Waals surface area contributed by atoms with Crippen LogP contribution in [0.1, 0.15) is 23.1 Å². The third kappa shape index (κ3) is 4.01. The Morgan fingerprint density at radius 2 is 2.10 bits per heavy atom. The average molecular weight is 410 g/mol. The Bertz CT molecular complexity index is 1090. The van der Waals surface area contributed by atoms with Gasteiger partial charge in [0.05, 0.1) is 5.92 Å². The molecule has 1 aromatic heterocycles. The Kier molecular flexibility index (Phi) is 5.33. The molecule has 1 aliphatic rings. The second-order valence-electron chi connectivity index (χ2n) is 7.76. The van der Waals surface area contributed by atoms with Crippen molar-refractivity contribution in [2.75, 3.05) is 18.4 Å². The van der Waals surface area contributed by atoms with Crippen LogP contribution in [-0.4, -0.2) is 34.8 Å². The van der Waals surface area contributed by atoms with Crippen LogP contribution in [-0.2, 0) is 16.0 Å². The van der Waals surface area contributed by atoms with Gasteiger partial charge in [-0.2, -0.15) is 0 Å². The largest absolute Gasteiger partial charge is 0.361 e. The fraction of sp³-hybridized carbons (Fsp3) is 0.304. The highest BCUT2D eigenvalue weighted by Crippen LogP contribution is 2.26. The number of nitrogens with zero attached hydrogens (tertiary/aromatic N) is 1. The number of likely N-dealkylation sites (tertiary alicyclic amines) is 1. The van der Waals surface area contributed by atoms with Gasteiger partial charge in [-0.1, -0.05) is 29.3 Å². The number of aryl methyl sites for hydroxylation is 1. The van der Waals surface area contributed by atoms with Crippen molar-refractivity contribution in [3.8, 4) is 0 Å². The molecule has 4 rings (SSSR count). The second-order valence-corrected chi connectivity index (χ2v) is 8.16. The maximum absolute atomic E-state index is 12.7. The summed E-state index contributed by atoms with van der Waals surface area (Å²) in [6, 6.07) is 11.7. The Morgan fingerprint density at radius 1 is 1.28 bits per heavy atom. The van der Waals surface area contributed by atoms with E-state index in [2.05, 4.69) is 35.4 Å². The number of halogens is 1. The molecule has 1 fully saturated rings. The number of fused-ring (bicyclic) bond motifs is 1. The lowest BCUT2D eigenvalue weighted by molar-refractivity contribution is -0.128. The zero-order valence-electron chi connectivity index (χ0n) is 16.6. The van der Waals surface area contributed by atoms with Gasteiger partial charge < -0.3 is 15.2 Å². The Labute approximate surface area is 175 Å². The number of rotatable bonds is 5. The maximum atomic E-state index is 12.7. The van der Waals surface area contributed by atoms with Crippen molar-refractivity contribution in [1.82, 2.24) is 9.88 Å². The molecule has 0 unspecified atom stereocenters. The van der Waals surface area contributed by atoms with Gasteiger partial charge in [0.25, 0.3) is 0 Å². The lowest BCUT2D eigenvalue weighted by Crippen LogP contribution is -2.30. The number of hydrogen-bond donors (Lipinski definition) is 2. The molecule has 2 aromatic carbocycles. The van der Waals surface area contributed by atoms with Crippen molar-refractivity contribution in [3.05, 3.63) is 64.3 Å². The van der Waals surface area contributed by atoms with E-state index in [9.17, 15) is 9.59 Å². The SMILES string of the molecule is Cc1ccc2[nH]cc(CCN3C[C@H](C(=O)Nc4cccc(Cl)c4C)CC3=O)c2c1. The van der Waals surface area contributed by atoms with Crippen LogP contribution in [0.2, 0.25) is 5.02 Å². The van der Waals surface area contributed by atoms with Crippen LogP contribution in [0.3, 0.4) is 0 Å². The van der Waals surface area contributed by atoms with E-state index in [-0.39, 0.29) is 24.2 Å². The number of carbonyl (C=O) groups excluding carboxylic acids is 2. The molecule has 3 aromatic rings. The molecule has 2 heterocycles. The highest BCUT2D eigenvalue weighted by Gasteiger charge is 2.34. The third-order valence-corrected chi connectivity index (χ3v) is 6.09. The maximum Gasteiger partial charge on any atom is 0.229 e. The minimum Gasteiger partial charge on any atom is -0.361 e. The Balaban J connectivity index is 1.39. The molecule has 150 valence electrons. The van der Waals surface area contributed by atoms with Gasteiger partial charge >= 0.3 is 0 Å². The molecule has 29 heavy (non-hydrogen) atoms. The quantitative estimate of drug-likeness (QED) is 0.653. The number of carbonyl (C=O) groups is 2. The number of nitrogens with one attached hydrogen (secondary N) is 2. The van der Waals surface area contributed by atoms with Crippen LogP contribution in [0.15, 0.2) is 42.6 Å². The van der Waals surface area contributed by atoms with E-state index in [0.717, 1.165) is 17.5 Å². The van der Waals surface area contributed by atoms with Crippen LogP contribution in [0.25, 0.3) is 10.9 Å². The minimum atomic E-state index is -0.342. The lowest BCUT2D eigenvalue weighted by atomic mass is 10.1. The molecule has 1 atom stereocenters. The number of H-pyrrole nitrogens is 1. The molecule has 0 saturated carbocycles. The van der Waals surface area contributed by atoms with Gasteiger partial charge in [-0.25, -0.2) is 0 Å². The minimum absolute atomic E-state index is 0.0315. The molecule has 1 saturated heterocycles. The first-order valence-electron chi connectivity index (χ1n) is 9.82. The highest BCUT2D eigenvalue weighted by molar-refractivity contribution is 6.31. The molecule has 0 spiro atoms. The predicted molar refractivity (Wildman–Crippen MR) is 116 cm³/mol. The number of anilines is 1. The summed E-state index contributed by atoms with van der Waals surface area (Å²) in [6.45, 7) is 5.00. The predicted octanol–water partition coefficient (Wildman–Crippen LogP) is 4.47. The van der Waals surface area contributed by atoms with Gasteiger partial charge in [0.2, 0.25) is 11.8 Å². The Hall–Kier alpha value is -2.79. The molecule has 1 aliphatic heterocycles. The molecule has 2 amide bonds. The van der Waals surface area contributed by atoms with Crippen LogP contribution < -0.4 is 5.32 Å². The van der Waals surface area contributed by atoms with Crippen LogP contribution in [0.4, 0.5) is 5.69 Å². The van der Waals surface area contributed by atoms with Crippen molar-refractivity contribution in [2.45, 2.75) is 26.7 Å². The van der Waals surface area contributed by atoms with Crippen molar-refractivity contribution >= 4 is 40.0 Å². The first-order chi connectivity index (χ1) is 13.9. The number of amides is 2. The van der Waals surface area contributed by atoms with Crippen LogP contribution in [0, 0.1) is 19.8 Å². The molecule has 2 N–H and O–H groups in total. The Morgan fingerprint density at radius 3 is 2.93 bits per heavy atom. The summed E-state index contributed by atoms with van der Waals surface area (Å²) >= 11 is 6.13. The first kappa shape index (κ1) is 19.5. The van der Waals surface area contributed by atoms with Crippen molar-refractivity contribution in [1.29, 1.82) is 0 Å². The number of aromatic nitrogens is 1. The van der Waals surface area contributed by atoms with E-state index in [1.165, 1.54) is 16.5 Å². The van der Waals surface area contributed by atoms with Gasteiger partial charge in [-0.3, -0.25) is 9.59 Å². The summed E-state index contributed by atoms with van der Waals surface area (Å²) in [5.74, 6) is -0.441. The molecule has 6 heteroatoms. The summed E-state index contributed by atoms with van der Waals surface area (Å²) in [7, 11) is 0. The third-order valence-electron chi connectivity index (χ3n) is 5.68. The smallest absolute Gasteiger partial charge is 0.229 e. The van der Waals surface area contributed by atoms with E-state index in [0.29, 0.717) is 23.8 Å². The topological polar surface area (TPSA) is 65.2 Å². The average Bonchev–Trinajstić information content (AvgIpc) is 3.26. The normalized spacial score (nSPS) is 16.6. The summed E-state index contributed by atoms with van der Waals surface area (Å²) in [4.78, 5) is 30.2. The number of benzene rings is 2. The fourth-order valence-electron chi connectivity index (χ4n) is 3.90. The highest BCUT2D eigenvalue weighted by atomic mass is 35.5. The van der Waals surface area contributed by atoms with E-state index in [1.807, 2.05) is 19.2 Å². The van der Waals surface area contributed by atoms with Gasteiger partial charge in [0.1, 0.15) is 0 Å². The zero-order valence-corrected chi connectivity index (χ0v) is 17.3. The van der Waals surface area contributed by atoms with Crippen molar-refractivity contribution in [2.24, 2.45) is 5.92 Å². The van der Waals surface area contributed by atoms with E-state index in [1.54, 1.807) is 17.0 Å². The van der Waals surface area contributed by atoms with E-state index >= 15 is 0 Å². The van der Waals surface area contributed by atoms with Crippen molar-refractivity contribution < 1.29 is 9.59 Å². The standard InChI is InChI=1S/C23H24ClN3O2/c1-14-6-7-21-18(10-14)16(12-25-21)8-9-27-13-17(11-22(27)28)23(29)26-20-5-3-4-19(24)15(20)2/h3-7,10,12,17,25H,8-9,11,13H2,1-2H3,(H,26,29)/t17-/m1/s1. The summed E-state index contributed by atoms with van der Waals surface area (Å²) in [5.41, 5.74) is 5.04. The van der Waals surface area contributed by atoms with Gasteiger partial charge in [-0.05, 0) is 55.7 Å². The van der Waals surface area contributed by atoms with Crippen molar-refractivity contribution in [3.63, 3.8) is 0 Å². The van der Waals surface area contributed by atoms with Crippen LogP contribution in [0.5, 0.6) is 0 Å². The molecule has 0 radical (unpaired) electrons. The van der Waals surface area contributed by atoms with E-state index < -0.39 is 0 Å². The van der Waals surface area contributed by atoms with Gasteiger partial charge in [-0.15, -0.1) is 0 Å². The van der Waals surface area contributed by atoms with E-state index in [4.69, 9.17) is 11.6 Å². The molecule has 0 aliphatic carbocycles. The summed E-state index contributed by atoms with van der Waals surface area (Å²) in [5, 5.41) is 4.74. The number of aromatic amines is 1. The number of hydrogen-bond acceptors (Lipinski definition) is 2. The second kappa shape index (κ2) is 7.91. The monoisotopic (exact) mass is 409 g/mol.